The summed E-state index contributed by atoms with van der Waals surface area (Å²) in [7, 11) is 1.80. The standard InChI is InChI=1S/C12H14N4O2/c1-8-11(5-9(13)6-14-8)12(17)18-7-10-3-4-16(2)15-10/h3-6H,7,13H2,1-2H3. The van der Waals surface area contributed by atoms with Crippen LogP contribution >= 0.6 is 0 Å². The predicted molar refractivity (Wildman–Crippen MR) is 65.7 cm³/mol. The number of nitrogens with two attached hydrogens (primary N) is 1. The van der Waals surface area contributed by atoms with Crippen LogP contribution in [0.3, 0.4) is 0 Å². The normalized spacial score (nSPS) is 10.3. The fourth-order valence-electron chi connectivity index (χ4n) is 1.51. The molecule has 0 amide bonds. The highest BCUT2D eigenvalue weighted by Gasteiger charge is 2.12. The van der Waals surface area contributed by atoms with Crippen LogP contribution in [-0.2, 0) is 18.4 Å². The fraction of sp³-hybridized carbons (Fsp3) is 0.250. The van der Waals surface area contributed by atoms with Gasteiger partial charge in [0.25, 0.3) is 0 Å². The van der Waals surface area contributed by atoms with E-state index in [9.17, 15) is 4.79 Å². The van der Waals surface area contributed by atoms with Gasteiger partial charge >= 0.3 is 5.97 Å². The van der Waals surface area contributed by atoms with Crippen molar-refractivity contribution in [1.29, 1.82) is 0 Å². The van der Waals surface area contributed by atoms with Gasteiger partial charge in [-0.1, -0.05) is 0 Å². The molecule has 0 aliphatic rings. The third-order valence-corrected chi connectivity index (χ3v) is 2.45. The van der Waals surface area contributed by atoms with Crippen molar-refractivity contribution < 1.29 is 9.53 Å². The van der Waals surface area contributed by atoms with Gasteiger partial charge in [0.1, 0.15) is 6.61 Å². The van der Waals surface area contributed by atoms with Crippen LogP contribution in [0.15, 0.2) is 24.5 Å². The molecule has 94 valence electrons. The van der Waals surface area contributed by atoms with Gasteiger partial charge in [0.2, 0.25) is 0 Å². The minimum atomic E-state index is -0.446. The van der Waals surface area contributed by atoms with Crippen LogP contribution in [0, 0.1) is 6.92 Å². The van der Waals surface area contributed by atoms with Crippen LogP contribution in [0.4, 0.5) is 5.69 Å². The van der Waals surface area contributed by atoms with E-state index in [1.54, 1.807) is 37.0 Å². The first-order valence-electron chi connectivity index (χ1n) is 5.44. The lowest BCUT2D eigenvalue weighted by atomic mass is 10.2. The molecule has 6 heteroatoms. The molecule has 0 spiro atoms. The van der Waals surface area contributed by atoms with E-state index in [1.807, 2.05) is 0 Å². The summed E-state index contributed by atoms with van der Waals surface area (Å²) in [5.74, 6) is -0.446. The molecule has 2 rings (SSSR count). The molecule has 2 N–H and O–H groups in total. The number of carbonyl (C=O) groups is 1. The summed E-state index contributed by atoms with van der Waals surface area (Å²) in [5, 5.41) is 4.12. The lowest BCUT2D eigenvalue weighted by Gasteiger charge is -2.06. The van der Waals surface area contributed by atoms with Gasteiger partial charge in [-0.2, -0.15) is 5.10 Å². The Labute approximate surface area is 104 Å². The van der Waals surface area contributed by atoms with Gasteiger partial charge < -0.3 is 10.5 Å². The summed E-state index contributed by atoms with van der Waals surface area (Å²) in [6.07, 6.45) is 3.29. The molecule has 0 aliphatic carbocycles. The number of hydrogen-bond donors (Lipinski definition) is 1. The molecule has 0 fully saturated rings. The SMILES string of the molecule is Cc1ncc(N)cc1C(=O)OCc1ccn(C)n1. The zero-order chi connectivity index (χ0) is 13.1. The minimum absolute atomic E-state index is 0.133. The van der Waals surface area contributed by atoms with Crippen molar-refractivity contribution in [3.63, 3.8) is 0 Å². The van der Waals surface area contributed by atoms with Crippen LogP contribution in [0.2, 0.25) is 0 Å². The highest BCUT2D eigenvalue weighted by molar-refractivity contribution is 5.91. The number of carbonyl (C=O) groups excluding carboxylic acids is 1. The largest absolute Gasteiger partial charge is 0.455 e. The summed E-state index contributed by atoms with van der Waals surface area (Å²) in [6.45, 7) is 1.87. The summed E-state index contributed by atoms with van der Waals surface area (Å²) in [4.78, 5) is 15.9. The van der Waals surface area contributed by atoms with Gasteiger partial charge in [0, 0.05) is 13.2 Å². The van der Waals surface area contributed by atoms with Gasteiger partial charge in [-0.05, 0) is 19.1 Å². The summed E-state index contributed by atoms with van der Waals surface area (Å²) < 4.78 is 6.80. The Bertz CT molecular complexity index is 577. The zero-order valence-corrected chi connectivity index (χ0v) is 10.3. The Hall–Kier alpha value is -2.37. The fourth-order valence-corrected chi connectivity index (χ4v) is 1.51. The van der Waals surface area contributed by atoms with Crippen molar-refractivity contribution in [1.82, 2.24) is 14.8 Å². The minimum Gasteiger partial charge on any atom is -0.455 e. The number of pyridine rings is 1. The van der Waals surface area contributed by atoms with Crippen molar-refractivity contribution in [3.05, 3.63) is 41.5 Å². The van der Waals surface area contributed by atoms with E-state index in [0.717, 1.165) is 0 Å². The molecular formula is C12H14N4O2. The monoisotopic (exact) mass is 246 g/mol. The first-order valence-corrected chi connectivity index (χ1v) is 5.44. The van der Waals surface area contributed by atoms with E-state index in [4.69, 9.17) is 10.5 Å². The number of ether oxygens (including phenoxy) is 1. The molecule has 0 saturated carbocycles. The van der Waals surface area contributed by atoms with E-state index in [0.29, 0.717) is 22.6 Å². The lowest BCUT2D eigenvalue weighted by Crippen LogP contribution is -2.09. The van der Waals surface area contributed by atoms with E-state index >= 15 is 0 Å². The van der Waals surface area contributed by atoms with E-state index in [-0.39, 0.29) is 6.61 Å². The zero-order valence-electron chi connectivity index (χ0n) is 10.3. The van der Waals surface area contributed by atoms with E-state index < -0.39 is 5.97 Å². The van der Waals surface area contributed by atoms with Crippen molar-refractivity contribution in [2.75, 3.05) is 5.73 Å². The average Bonchev–Trinajstić information content (AvgIpc) is 2.75. The summed E-state index contributed by atoms with van der Waals surface area (Å²) in [6, 6.07) is 3.35. The molecule has 6 nitrogen and oxygen atoms in total. The quantitative estimate of drug-likeness (QED) is 0.819. The van der Waals surface area contributed by atoms with Crippen LogP contribution < -0.4 is 5.73 Å². The van der Waals surface area contributed by atoms with E-state index in [1.165, 1.54) is 6.20 Å². The van der Waals surface area contributed by atoms with Gasteiger partial charge in [-0.15, -0.1) is 0 Å². The summed E-state index contributed by atoms with van der Waals surface area (Å²) >= 11 is 0. The maximum absolute atomic E-state index is 11.8. The van der Waals surface area contributed by atoms with Crippen molar-refractivity contribution in [3.8, 4) is 0 Å². The molecule has 0 bridgehead atoms. The molecule has 0 unspecified atom stereocenters. The lowest BCUT2D eigenvalue weighted by molar-refractivity contribution is 0.0465. The maximum Gasteiger partial charge on any atom is 0.340 e. The molecule has 0 atom stereocenters. The molecule has 2 aromatic rings. The maximum atomic E-state index is 11.8. The Balaban J connectivity index is 2.05. The number of nitrogen functional groups attached to an aromatic ring is 1. The number of esters is 1. The number of anilines is 1. The molecule has 2 heterocycles. The molecule has 2 aromatic heterocycles. The highest BCUT2D eigenvalue weighted by Crippen LogP contribution is 2.11. The second kappa shape index (κ2) is 4.87. The first-order chi connectivity index (χ1) is 8.56. The van der Waals surface area contributed by atoms with Gasteiger partial charge in [-0.3, -0.25) is 9.67 Å². The van der Waals surface area contributed by atoms with Crippen LogP contribution in [0.1, 0.15) is 21.7 Å². The number of hydrogen-bond acceptors (Lipinski definition) is 5. The smallest absolute Gasteiger partial charge is 0.340 e. The first kappa shape index (κ1) is 12.1. The Morgan fingerprint density at radius 3 is 3.00 bits per heavy atom. The predicted octanol–water partition coefficient (Wildman–Crippen LogP) is 1.06. The van der Waals surface area contributed by atoms with Crippen LogP contribution in [0.5, 0.6) is 0 Å². The second-order valence-corrected chi connectivity index (χ2v) is 3.96. The third kappa shape index (κ3) is 2.65. The van der Waals surface area contributed by atoms with Gasteiger partial charge in [0.05, 0.1) is 28.8 Å². The van der Waals surface area contributed by atoms with Crippen molar-refractivity contribution in [2.45, 2.75) is 13.5 Å². The third-order valence-electron chi connectivity index (χ3n) is 2.45. The molecule has 0 aliphatic heterocycles. The van der Waals surface area contributed by atoms with Crippen molar-refractivity contribution in [2.24, 2.45) is 7.05 Å². The molecule has 0 aromatic carbocycles. The van der Waals surface area contributed by atoms with E-state index in [2.05, 4.69) is 10.1 Å². The number of rotatable bonds is 3. The van der Waals surface area contributed by atoms with Crippen molar-refractivity contribution >= 4 is 11.7 Å². The Kier molecular flexibility index (Phi) is 3.27. The van der Waals surface area contributed by atoms with Gasteiger partial charge in [-0.25, -0.2) is 4.79 Å². The number of nitrogens with zero attached hydrogens (tertiary/aromatic N) is 3. The highest BCUT2D eigenvalue weighted by atomic mass is 16.5. The topological polar surface area (TPSA) is 83.0 Å². The Morgan fingerprint density at radius 1 is 1.56 bits per heavy atom. The molecule has 18 heavy (non-hydrogen) atoms. The average molecular weight is 246 g/mol. The molecular weight excluding hydrogens is 232 g/mol. The summed E-state index contributed by atoms with van der Waals surface area (Å²) in [5.41, 5.74) is 7.69. The molecule has 0 radical (unpaired) electrons. The number of aryl methyl sites for hydroxylation is 2. The number of aromatic nitrogens is 3. The van der Waals surface area contributed by atoms with Gasteiger partial charge in [0.15, 0.2) is 0 Å². The van der Waals surface area contributed by atoms with Crippen LogP contribution in [0.25, 0.3) is 0 Å². The Morgan fingerprint density at radius 2 is 2.33 bits per heavy atom. The van der Waals surface area contributed by atoms with Crippen LogP contribution in [-0.4, -0.2) is 20.7 Å². The second-order valence-electron chi connectivity index (χ2n) is 3.96. The molecule has 0 saturated heterocycles.